The molecule has 0 radical (unpaired) electrons. The molecule has 0 saturated carbocycles. The lowest BCUT2D eigenvalue weighted by Crippen LogP contribution is -2.44. The first-order valence-corrected chi connectivity index (χ1v) is 8.96. The summed E-state index contributed by atoms with van der Waals surface area (Å²) in [4.78, 5) is 0. The fourth-order valence-electron chi connectivity index (χ4n) is 2.46. The van der Waals surface area contributed by atoms with Gasteiger partial charge in [0.15, 0.2) is 0 Å². The van der Waals surface area contributed by atoms with Crippen LogP contribution in [-0.4, -0.2) is 31.9 Å². The van der Waals surface area contributed by atoms with Gasteiger partial charge < -0.3 is 5.73 Å². The Hall–Kier alpha value is -0.880. The van der Waals surface area contributed by atoms with Crippen LogP contribution in [0.25, 0.3) is 6.08 Å². The molecule has 0 amide bonds. The van der Waals surface area contributed by atoms with Crippen LogP contribution in [0.15, 0.2) is 29.7 Å². The minimum absolute atomic E-state index is 0.0169. The third-order valence-electron chi connectivity index (χ3n) is 3.83. The summed E-state index contributed by atoms with van der Waals surface area (Å²) >= 11 is 5.81. The Morgan fingerprint density at radius 1 is 1.38 bits per heavy atom. The maximum Gasteiger partial charge on any atom is 0.236 e. The van der Waals surface area contributed by atoms with Crippen molar-refractivity contribution in [2.24, 2.45) is 11.7 Å². The Bertz CT molecular complexity index is 597. The molecule has 21 heavy (non-hydrogen) atoms. The highest BCUT2D eigenvalue weighted by atomic mass is 35.5. The molecule has 4 nitrogen and oxygen atoms in total. The number of nitrogens with zero attached hydrogens (tertiary/aromatic N) is 1. The summed E-state index contributed by atoms with van der Waals surface area (Å²) < 4.78 is 26.3. The van der Waals surface area contributed by atoms with Gasteiger partial charge >= 0.3 is 0 Å². The van der Waals surface area contributed by atoms with Gasteiger partial charge in [0.1, 0.15) is 0 Å². The van der Waals surface area contributed by atoms with Gasteiger partial charge in [0.25, 0.3) is 0 Å². The number of piperidine rings is 1. The third kappa shape index (κ3) is 4.54. The molecule has 1 aliphatic heterocycles. The highest BCUT2D eigenvalue weighted by molar-refractivity contribution is 7.92. The summed E-state index contributed by atoms with van der Waals surface area (Å²) in [5, 5.41) is 1.89. The second-order valence-corrected chi connectivity index (χ2v) is 7.77. The minimum Gasteiger partial charge on any atom is -0.328 e. The Balaban J connectivity index is 2.09. The number of hydrogen-bond donors (Lipinski definition) is 1. The first-order valence-electron chi connectivity index (χ1n) is 7.08. The van der Waals surface area contributed by atoms with Gasteiger partial charge in [-0.15, -0.1) is 0 Å². The zero-order valence-corrected chi connectivity index (χ0v) is 13.6. The minimum atomic E-state index is -3.39. The van der Waals surface area contributed by atoms with E-state index in [1.807, 2.05) is 6.92 Å². The summed E-state index contributed by atoms with van der Waals surface area (Å²) in [5.41, 5.74) is 6.71. The lowest BCUT2D eigenvalue weighted by Gasteiger charge is -2.33. The van der Waals surface area contributed by atoms with Crippen LogP contribution >= 0.6 is 11.6 Å². The summed E-state index contributed by atoms with van der Waals surface area (Å²) in [7, 11) is -3.39. The van der Waals surface area contributed by atoms with E-state index in [1.54, 1.807) is 30.3 Å². The maximum absolute atomic E-state index is 12.4. The summed E-state index contributed by atoms with van der Waals surface area (Å²) in [6.07, 6.45) is 3.45. The van der Waals surface area contributed by atoms with Crippen molar-refractivity contribution in [3.8, 4) is 0 Å². The Labute approximate surface area is 131 Å². The van der Waals surface area contributed by atoms with Gasteiger partial charge in [-0.3, -0.25) is 0 Å². The van der Waals surface area contributed by atoms with Crippen LogP contribution in [0, 0.1) is 5.92 Å². The Morgan fingerprint density at radius 3 is 2.67 bits per heavy atom. The molecule has 1 heterocycles. The average Bonchev–Trinajstić information content (AvgIpc) is 2.47. The SMILES string of the molecule is CC(N)C1CCCN(S(=O)(=O)C=Cc2ccc(Cl)cc2)C1. The molecular weight excluding hydrogens is 308 g/mol. The van der Waals surface area contributed by atoms with Crippen LogP contribution < -0.4 is 5.73 Å². The molecule has 116 valence electrons. The molecule has 1 aliphatic rings. The van der Waals surface area contributed by atoms with Crippen LogP contribution in [0.5, 0.6) is 0 Å². The van der Waals surface area contributed by atoms with Crippen molar-refractivity contribution in [2.45, 2.75) is 25.8 Å². The van der Waals surface area contributed by atoms with E-state index in [0.29, 0.717) is 18.1 Å². The van der Waals surface area contributed by atoms with Gasteiger partial charge in [-0.2, -0.15) is 4.31 Å². The number of sulfonamides is 1. The van der Waals surface area contributed by atoms with E-state index in [9.17, 15) is 8.42 Å². The fourth-order valence-corrected chi connectivity index (χ4v) is 3.87. The third-order valence-corrected chi connectivity index (χ3v) is 5.61. The number of hydrogen-bond acceptors (Lipinski definition) is 3. The van der Waals surface area contributed by atoms with Crippen LogP contribution in [0.2, 0.25) is 5.02 Å². The van der Waals surface area contributed by atoms with Gasteiger partial charge in [-0.05, 0) is 49.5 Å². The van der Waals surface area contributed by atoms with Crippen molar-refractivity contribution in [3.05, 3.63) is 40.3 Å². The zero-order valence-electron chi connectivity index (χ0n) is 12.1. The molecule has 2 N–H and O–H groups in total. The lowest BCUT2D eigenvalue weighted by molar-refractivity contribution is 0.245. The molecule has 1 saturated heterocycles. The van der Waals surface area contributed by atoms with Crippen molar-refractivity contribution in [3.63, 3.8) is 0 Å². The molecule has 1 aromatic carbocycles. The molecule has 6 heteroatoms. The van der Waals surface area contributed by atoms with E-state index >= 15 is 0 Å². The molecule has 2 rings (SSSR count). The fraction of sp³-hybridized carbons (Fsp3) is 0.467. The zero-order chi connectivity index (χ0) is 15.5. The van der Waals surface area contributed by atoms with E-state index in [1.165, 1.54) is 9.71 Å². The van der Waals surface area contributed by atoms with E-state index in [-0.39, 0.29) is 12.0 Å². The summed E-state index contributed by atoms with van der Waals surface area (Å²) in [5.74, 6) is 0.234. The van der Waals surface area contributed by atoms with Gasteiger partial charge in [0, 0.05) is 29.6 Å². The molecule has 0 bridgehead atoms. The summed E-state index contributed by atoms with van der Waals surface area (Å²) in [6, 6.07) is 7.06. The van der Waals surface area contributed by atoms with Crippen molar-refractivity contribution >= 4 is 27.7 Å². The summed E-state index contributed by atoms with van der Waals surface area (Å²) in [6.45, 7) is 3.01. The number of benzene rings is 1. The molecule has 2 atom stereocenters. The molecule has 0 aliphatic carbocycles. The Kier molecular flexibility index (Phi) is 5.43. The predicted molar refractivity (Wildman–Crippen MR) is 87.4 cm³/mol. The first kappa shape index (κ1) is 16.5. The molecule has 2 unspecified atom stereocenters. The van der Waals surface area contributed by atoms with Gasteiger partial charge in [0.2, 0.25) is 10.0 Å². The lowest BCUT2D eigenvalue weighted by atomic mass is 9.93. The molecule has 0 aromatic heterocycles. The average molecular weight is 329 g/mol. The van der Waals surface area contributed by atoms with Crippen LogP contribution in [-0.2, 0) is 10.0 Å². The first-order chi connectivity index (χ1) is 9.88. The van der Waals surface area contributed by atoms with Gasteiger partial charge in [-0.25, -0.2) is 8.42 Å². The Morgan fingerprint density at radius 2 is 2.05 bits per heavy atom. The standard InChI is InChI=1S/C15H21ClN2O2S/c1-12(17)14-3-2-9-18(11-14)21(19,20)10-8-13-4-6-15(16)7-5-13/h4-8,10,12,14H,2-3,9,11,17H2,1H3. The number of halogens is 1. The van der Waals surface area contributed by atoms with E-state index in [0.717, 1.165) is 18.4 Å². The normalized spacial score (nSPS) is 22.5. The van der Waals surface area contributed by atoms with Gasteiger partial charge in [-0.1, -0.05) is 23.7 Å². The molecular formula is C15H21ClN2O2S. The van der Waals surface area contributed by atoms with Crippen molar-refractivity contribution in [2.75, 3.05) is 13.1 Å². The van der Waals surface area contributed by atoms with Crippen LogP contribution in [0.4, 0.5) is 0 Å². The topological polar surface area (TPSA) is 63.4 Å². The van der Waals surface area contributed by atoms with Crippen LogP contribution in [0.3, 0.4) is 0 Å². The van der Waals surface area contributed by atoms with E-state index in [4.69, 9.17) is 17.3 Å². The highest BCUT2D eigenvalue weighted by Gasteiger charge is 2.28. The van der Waals surface area contributed by atoms with Crippen LogP contribution in [0.1, 0.15) is 25.3 Å². The van der Waals surface area contributed by atoms with E-state index < -0.39 is 10.0 Å². The smallest absolute Gasteiger partial charge is 0.236 e. The largest absolute Gasteiger partial charge is 0.328 e. The van der Waals surface area contributed by atoms with Gasteiger partial charge in [0.05, 0.1) is 0 Å². The highest BCUT2D eigenvalue weighted by Crippen LogP contribution is 2.22. The number of rotatable bonds is 4. The monoisotopic (exact) mass is 328 g/mol. The maximum atomic E-state index is 12.4. The van der Waals surface area contributed by atoms with Crippen molar-refractivity contribution in [1.29, 1.82) is 0 Å². The number of nitrogens with two attached hydrogens (primary N) is 1. The second-order valence-electron chi connectivity index (χ2n) is 5.52. The molecule has 0 spiro atoms. The molecule has 1 aromatic rings. The van der Waals surface area contributed by atoms with Crippen molar-refractivity contribution < 1.29 is 8.42 Å². The second kappa shape index (κ2) is 6.92. The quantitative estimate of drug-likeness (QED) is 0.924. The predicted octanol–water partition coefficient (Wildman–Crippen LogP) is 2.70. The van der Waals surface area contributed by atoms with E-state index in [2.05, 4.69) is 0 Å². The van der Waals surface area contributed by atoms with Crippen molar-refractivity contribution in [1.82, 2.24) is 4.31 Å². The molecule has 1 fully saturated rings.